The van der Waals surface area contributed by atoms with Gasteiger partial charge in [0.1, 0.15) is 0 Å². The van der Waals surface area contributed by atoms with Crippen molar-refractivity contribution in [3.05, 3.63) is 20.8 Å². The Morgan fingerprint density at radius 1 is 1.50 bits per heavy atom. The Hall–Kier alpha value is 0.1000. The van der Waals surface area contributed by atoms with E-state index in [1.807, 2.05) is 0 Å². The average molecular weight is 249 g/mol. The zero-order chi connectivity index (χ0) is 8.81. The second kappa shape index (κ2) is 5.70. The van der Waals surface area contributed by atoms with E-state index in [1.54, 1.807) is 11.3 Å². The van der Waals surface area contributed by atoms with Crippen LogP contribution >= 0.6 is 27.3 Å². The molecular weight excluding hydrogens is 236 g/mol. The maximum atomic E-state index is 5.34. The quantitative estimate of drug-likeness (QED) is 0.778. The lowest BCUT2D eigenvalue weighted by Gasteiger charge is -1.99. The molecule has 12 heavy (non-hydrogen) atoms. The molecule has 0 fully saturated rings. The van der Waals surface area contributed by atoms with Crippen molar-refractivity contribution >= 4 is 27.3 Å². The number of thiophene rings is 1. The zero-order valence-electron chi connectivity index (χ0n) is 6.85. The fourth-order valence-corrected chi connectivity index (χ4v) is 2.38. The monoisotopic (exact) mass is 248 g/mol. The molecule has 0 radical (unpaired) electrons. The first-order valence-electron chi connectivity index (χ1n) is 3.96. The number of rotatable bonds is 5. The van der Waals surface area contributed by atoms with Crippen molar-refractivity contribution in [1.82, 2.24) is 5.32 Å². The fraction of sp³-hybridized carbons (Fsp3) is 0.500. The molecule has 0 aliphatic rings. The molecule has 0 amide bonds. The van der Waals surface area contributed by atoms with Crippen LogP contribution in [0.5, 0.6) is 0 Å². The summed E-state index contributed by atoms with van der Waals surface area (Å²) in [4.78, 5) is 1.41. The van der Waals surface area contributed by atoms with Gasteiger partial charge in [0.25, 0.3) is 0 Å². The molecule has 4 heteroatoms. The van der Waals surface area contributed by atoms with E-state index >= 15 is 0 Å². The zero-order valence-corrected chi connectivity index (χ0v) is 9.25. The van der Waals surface area contributed by atoms with E-state index in [2.05, 4.69) is 32.7 Å². The second-order valence-electron chi connectivity index (χ2n) is 2.52. The number of hydrogen-bond donors (Lipinski definition) is 2. The van der Waals surface area contributed by atoms with Crippen LogP contribution < -0.4 is 11.1 Å². The molecule has 1 heterocycles. The summed E-state index contributed by atoms with van der Waals surface area (Å²) in [5.74, 6) is 0. The predicted octanol–water partition coefficient (Wildman–Crippen LogP) is 1.60. The maximum absolute atomic E-state index is 5.34. The van der Waals surface area contributed by atoms with E-state index in [9.17, 15) is 0 Å². The van der Waals surface area contributed by atoms with Gasteiger partial charge in [-0.2, -0.15) is 0 Å². The van der Waals surface area contributed by atoms with E-state index in [-0.39, 0.29) is 0 Å². The summed E-state index contributed by atoms with van der Waals surface area (Å²) in [6.07, 6.45) is 1.09. The van der Waals surface area contributed by atoms with E-state index in [4.69, 9.17) is 5.73 Å². The summed E-state index contributed by atoms with van der Waals surface area (Å²) in [7, 11) is 0. The Labute approximate surface area is 85.3 Å². The minimum absolute atomic E-state index is 0.716. The summed E-state index contributed by atoms with van der Waals surface area (Å²) >= 11 is 5.21. The Bertz CT molecular complexity index is 225. The Morgan fingerprint density at radius 2 is 2.33 bits per heavy atom. The largest absolute Gasteiger partial charge is 0.329 e. The maximum Gasteiger partial charge on any atom is 0.0285 e. The molecule has 0 saturated carbocycles. The van der Waals surface area contributed by atoms with Gasteiger partial charge < -0.3 is 11.1 Å². The highest BCUT2D eigenvalue weighted by Gasteiger charge is 1.95. The van der Waals surface area contributed by atoms with Crippen molar-refractivity contribution in [1.29, 1.82) is 0 Å². The van der Waals surface area contributed by atoms with Gasteiger partial charge in [-0.1, -0.05) is 0 Å². The summed E-state index contributed by atoms with van der Waals surface area (Å²) in [6.45, 7) is 2.64. The predicted molar refractivity (Wildman–Crippen MR) is 57.6 cm³/mol. The van der Waals surface area contributed by atoms with Crippen LogP contribution in [0.1, 0.15) is 4.88 Å². The lowest BCUT2D eigenvalue weighted by atomic mass is 10.3. The van der Waals surface area contributed by atoms with Crippen LogP contribution in [0.4, 0.5) is 0 Å². The first-order valence-corrected chi connectivity index (χ1v) is 5.64. The molecule has 0 unspecified atom stereocenters. The molecule has 0 aromatic carbocycles. The highest BCUT2D eigenvalue weighted by atomic mass is 79.9. The van der Waals surface area contributed by atoms with Gasteiger partial charge in [0, 0.05) is 34.4 Å². The molecule has 0 atom stereocenters. The van der Waals surface area contributed by atoms with Crippen molar-refractivity contribution < 1.29 is 0 Å². The standard InChI is InChI=1S/C8H13BrN2S/c9-7-5-8(12-6-7)1-3-11-4-2-10/h5-6,11H,1-4,10H2. The van der Waals surface area contributed by atoms with Crippen molar-refractivity contribution in [2.24, 2.45) is 5.73 Å². The highest BCUT2D eigenvalue weighted by molar-refractivity contribution is 9.10. The van der Waals surface area contributed by atoms with Crippen molar-refractivity contribution in [3.8, 4) is 0 Å². The normalized spacial score (nSPS) is 10.5. The van der Waals surface area contributed by atoms with Crippen LogP contribution in [-0.4, -0.2) is 19.6 Å². The molecule has 68 valence electrons. The third kappa shape index (κ3) is 3.67. The fourth-order valence-electron chi connectivity index (χ4n) is 0.924. The Morgan fingerprint density at radius 3 is 2.92 bits per heavy atom. The first-order chi connectivity index (χ1) is 5.83. The van der Waals surface area contributed by atoms with E-state index < -0.39 is 0 Å². The van der Waals surface area contributed by atoms with Gasteiger partial charge in [0.2, 0.25) is 0 Å². The van der Waals surface area contributed by atoms with Gasteiger partial charge in [-0.3, -0.25) is 0 Å². The second-order valence-corrected chi connectivity index (χ2v) is 4.43. The molecule has 2 nitrogen and oxygen atoms in total. The molecule has 0 spiro atoms. The van der Waals surface area contributed by atoms with Gasteiger partial charge >= 0.3 is 0 Å². The molecule has 0 aliphatic heterocycles. The van der Waals surface area contributed by atoms with Crippen molar-refractivity contribution in [3.63, 3.8) is 0 Å². The number of nitrogens with two attached hydrogens (primary N) is 1. The van der Waals surface area contributed by atoms with E-state index in [0.29, 0.717) is 6.54 Å². The van der Waals surface area contributed by atoms with Gasteiger partial charge in [-0.15, -0.1) is 11.3 Å². The van der Waals surface area contributed by atoms with Gasteiger partial charge in [-0.05, 0) is 28.4 Å². The molecule has 0 aliphatic carbocycles. The summed E-state index contributed by atoms with van der Waals surface area (Å²) in [6, 6.07) is 2.16. The van der Waals surface area contributed by atoms with Gasteiger partial charge in [0.15, 0.2) is 0 Å². The third-order valence-corrected chi connectivity index (χ3v) is 3.25. The lowest BCUT2D eigenvalue weighted by Crippen LogP contribution is -2.24. The molecular formula is C8H13BrN2S. The van der Waals surface area contributed by atoms with Crippen LogP contribution in [0.2, 0.25) is 0 Å². The van der Waals surface area contributed by atoms with Gasteiger partial charge in [-0.25, -0.2) is 0 Å². The van der Waals surface area contributed by atoms with Crippen LogP contribution in [0, 0.1) is 0 Å². The number of nitrogens with one attached hydrogen (secondary N) is 1. The summed E-state index contributed by atoms with van der Waals surface area (Å²) in [5.41, 5.74) is 5.34. The molecule has 0 bridgehead atoms. The van der Waals surface area contributed by atoms with Gasteiger partial charge in [0.05, 0.1) is 0 Å². The van der Waals surface area contributed by atoms with Crippen molar-refractivity contribution in [2.75, 3.05) is 19.6 Å². The number of hydrogen-bond acceptors (Lipinski definition) is 3. The highest BCUT2D eigenvalue weighted by Crippen LogP contribution is 2.19. The molecule has 1 rings (SSSR count). The van der Waals surface area contributed by atoms with Crippen LogP contribution in [-0.2, 0) is 6.42 Å². The van der Waals surface area contributed by atoms with Crippen LogP contribution in [0.25, 0.3) is 0 Å². The van der Waals surface area contributed by atoms with Crippen LogP contribution in [0.15, 0.2) is 15.9 Å². The smallest absolute Gasteiger partial charge is 0.0285 e. The molecule has 1 aromatic rings. The molecule has 0 saturated heterocycles. The Balaban J connectivity index is 2.15. The summed E-state index contributed by atoms with van der Waals surface area (Å²) in [5, 5.41) is 5.37. The third-order valence-electron chi connectivity index (χ3n) is 1.49. The molecule has 3 N–H and O–H groups in total. The average Bonchev–Trinajstić information content (AvgIpc) is 2.45. The summed E-state index contributed by atoms with van der Waals surface area (Å²) < 4.78 is 1.18. The first kappa shape index (κ1) is 10.2. The molecule has 1 aromatic heterocycles. The van der Waals surface area contributed by atoms with Crippen molar-refractivity contribution in [2.45, 2.75) is 6.42 Å². The van der Waals surface area contributed by atoms with E-state index in [0.717, 1.165) is 19.5 Å². The SMILES string of the molecule is NCCNCCc1cc(Br)cs1. The number of halogens is 1. The Kier molecular flexibility index (Phi) is 4.83. The van der Waals surface area contributed by atoms with Crippen LogP contribution in [0.3, 0.4) is 0 Å². The lowest BCUT2D eigenvalue weighted by molar-refractivity contribution is 0.692. The van der Waals surface area contributed by atoms with E-state index in [1.165, 1.54) is 9.35 Å². The minimum Gasteiger partial charge on any atom is -0.329 e. The topological polar surface area (TPSA) is 38.0 Å². The minimum atomic E-state index is 0.716.